The first kappa shape index (κ1) is 12.7. The van der Waals surface area contributed by atoms with Gasteiger partial charge in [-0.25, -0.2) is 0 Å². The van der Waals surface area contributed by atoms with E-state index < -0.39 is 18.3 Å². The number of halogens is 3. The van der Waals surface area contributed by atoms with Gasteiger partial charge in [-0.05, 0) is 13.3 Å². The lowest BCUT2D eigenvalue weighted by molar-refractivity contribution is -0.128. The van der Waals surface area contributed by atoms with Crippen molar-refractivity contribution in [1.82, 2.24) is 5.32 Å². The molecule has 13 heavy (non-hydrogen) atoms. The van der Waals surface area contributed by atoms with E-state index >= 15 is 0 Å². The summed E-state index contributed by atoms with van der Waals surface area (Å²) >= 11 is 0. The fourth-order valence-electron chi connectivity index (χ4n) is 1.13. The third-order valence-electron chi connectivity index (χ3n) is 1.97. The highest BCUT2D eigenvalue weighted by Crippen LogP contribution is 2.16. The van der Waals surface area contributed by atoms with Crippen LogP contribution in [0.5, 0.6) is 0 Å². The molecule has 0 aliphatic heterocycles. The smallest absolute Gasteiger partial charge is 0.329 e. The predicted octanol–water partition coefficient (Wildman–Crippen LogP) is 1.66. The molecule has 0 aromatic heterocycles. The Balaban J connectivity index is 3.97. The molecule has 1 atom stereocenters. The van der Waals surface area contributed by atoms with Crippen LogP contribution in [0.4, 0.5) is 13.2 Å². The molecule has 0 aromatic carbocycles. The Bertz CT molecular complexity index is 147. The monoisotopic (exact) mass is 198 g/mol. The van der Waals surface area contributed by atoms with E-state index in [2.05, 4.69) is 5.32 Å². The van der Waals surface area contributed by atoms with Crippen LogP contribution in [0.15, 0.2) is 0 Å². The SMILES string of the molecule is CCCC(C)(CN)NCC(F)(F)F. The standard InChI is InChI=1S/C8H17F3N2/c1-3-4-7(2,5-12)13-6-8(9,10)11/h13H,3-6,12H2,1-2H3. The highest BCUT2D eigenvalue weighted by molar-refractivity contribution is 4.84. The maximum Gasteiger partial charge on any atom is 0.401 e. The third-order valence-corrected chi connectivity index (χ3v) is 1.97. The van der Waals surface area contributed by atoms with Crippen LogP contribution in [-0.2, 0) is 0 Å². The summed E-state index contributed by atoms with van der Waals surface area (Å²) in [6, 6.07) is 0. The lowest BCUT2D eigenvalue weighted by Gasteiger charge is -2.29. The topological polar surface area (TPSA) is 38.0 Å². The highest BCUT2D eigenvalue weighted by atomic mass is 19.4. The second kappa shape index (κ2) is 4.81. The van der Waals surface area contributed by atoms with Crippen LogP contribution < -0.4 is 11.1 Å². The third kappa shape index (κ3) is 5.87. The van der Waals surface area contributed by atoms with Crippen LogP contribution in [0.1, 0.15) is 26.7 Å². The molecule has 0 amide bonds. The van der Waals surface area contributed by atoms with Gasteiger partial charge in [0.15, 0.2) is 0 Å². The van der Waals surface area contributed by atoms with E-state index in [0.717, 1.165) is 6.42 Å². The van der Waals surface area contributed by atoms with E-state index in [1.807, 2.05) is 6.92 Å². The molecule has 5 heteroatoms. The van der Waals surface area contributed by atoms with Crippen molar-refractivity contribution in [3.63, 3.8) is 0 Å². The second-order valence-electron chi connectivity index (χ2n) is 3.48. The van der Waals surface area contributed by atoms with Crippen molar-refractivity contribution in [1.29, 1.82) is 0 Å². The minimum Gasteiger partial charge on any atom is -0.329 e. The summed E-state index contributed by atoms with van der Waals surface area (Å²) in [5.74, 6) is 0. The molecule has 0 aliphatic carbocycles. The first-order valence-corrected chi connectivity index (χ1v) is 4.35. The minimum absolute atomic E-state index is 0.219. The zero-order valence-corrected chi connectivity index (χ0v) is 8.04. The Morgan fingerprint density at radius 3 is 2.15 bits per heavy atom. The van der Waals surface area contributed by atoms with Gasteiger partial charge in [-0.1, -0.05) is 13.3 Å². The van der Waals surface area contributed by atoms with Crippen LogP contribution in [0, 0.1) is 0 Å². The molecule has 0 heterocycles. The van der Waals surface area contributed by atoms with Gasteiger partial charge in [0.1, 0.15) is 0 Å². The van der Waals surface area contributed by atoms with E-state index in [1.165, 1.54) is 0 Å². The van der Waals surface area contributed by atoms with Crippen LogP contribution in [-0.4, -0.2) is 24.8 Å². The van der Waals surface area contributed by atoms with Gasteiger partial charge in [0.2, 0.25) is 0 Å². The Hall–Kier alpha value is -0.290. The molecular weight excluding hydrogens is 181 g/mol. The van der Waals surface area contributed by atoms with Crippen molar-refractivity contribution in [3.8, 4) is 0 Å². The highest BCUT2D eigenvalue weighted by Gasteiger charge is 2.31. The fourth-order valence-corrected chi connectivity index (χ4v) is 1.13. The number of hydrogen-bond donors (Lipinski definition) is 2. The summed E-state index contributed by atoms with van der Waals surface area (Å²) < 4.78 is 35.6. The summed E-state index contributed by atoms with van der Waals surface area (Å²) in [7, 11) is 0. The zero-order valence-electron chi connectivity index (χ0n) is 8.04. The number of nitrogens with two attached hydrogens (primary N) is 1. The maximum absolute atomic E-state index is 11.9. The average molecular weight is 198 g/mol. The fraction of sp³-hybridized carbons (Fsp3) is 1.00. The Morgan fingerprint density at radius 2 is 1.85 bits per heavy atom. The summed E-state index contributed by atoms with van der Waals surface area (Å²) in [5, 5.41) is 2.44. The number of nitrogens with one attached hydrogen (secondary N) is 1. The Labute approximate surface area is 76.7 Å². The van der Waals surface area contributed by atoms with Crippen LogP contribution in [0.3, 0.4) is 0 Å². The van der Waals surface area contributed by atoms with E-state index in [9.17, 15) is 13.2 Å². The maximum atomic E-state index is 11.9. The quantitative estimate of drug-likeness (QED) is 0.705. The lowest BCUT2D eigenvalue weighted by Crippen LogP contribution is -2.51. The molecule has 3 N–H and O–H groups in total. The van der Waals surface area contributed by atoms with Gasteiger partial charge in [0, 0.05) is 12.1 Å². The molecule has 0 saturated carbocycles. The molecule has 0 saturated heterocycles. The molecule has 0 bridgehead atoms. The second-order valence-corrected chi connectivity index (χ2v) is 3.48. The van der Waals surface area contributed by atoms with E-state index in [0.29, 0.717) is 6.42 Å². The van der Waals surface area contributed by atoms with Gasteiger partial charge in [-0.2, -0.15) is 13.2 Å². The Morgan fingerprint density at radius 1 is 1.31 bits per heavy atom. The lowest BCUT2D eigenvalue weighted by atomic mass is 9.96. The number of hydrogen-bond acceptors (Lipinski definition) is 2. The van der Waals surface area contributed by atoms with Crippen molar-refractivity contribution < 1.29 is 13.2 Å². The van der Waals surface area contributed by atoms with Gasteiger partial charge < -0.3 is 11.1 Å². The molecule has 80 valence electrons. The molecule has 1 unspecified atom stereocenters. The van der Waals surface area contributed by atoms with Crippen LogP contribution >= 0.6 is 0 Å². The van der Waals surface area contributed by atoms with Gasteiger partial charge in [-0.15, -0.1) is 0 Å². The largest absolute Gasteiger partial charge is 0.401 e. The number of rotatable bonds is 5. The van der Waals surface area contributed by atoms with Crippen molar-refractivity contribution >= 4 is 0 Å². The molecule has 0 aliphatic rings. The van der Waals surface area contributed by atoms with Crippen LogP contribution in [0.2, 0.25) is 0 Å². The molecule has 0 fully saturated rings. The Kier molecular flexibility index (Phi) is 4.70. The van der Waals surface area contributed by atoms with Gasteiger partial charge in [0.25, 0.3) is 0 Å². The number of alkyl halides is 3. The predicted molar refractivity (Wildman–Crippen MR) is 46.4 cm³/mol. The van der Waals surface area contributed by atoms with E-state index in [1.54, 1.807) is 6.92 Å². The molecule has 0 aromatic rings. The van der Waals surface area contributed by atoms with Crippen molar-refractivity contribution in [2.24, 2.45) is 5.73 Å². The first-order valence-electron chi connectivity index (χ1n) is 4.35. The van der Waals surface area contributed by atoms with Crippen LogP contribution in [0.25, 0.3) is 0 Å². The zero-order chi connectivity index (χ0) is 10.5. The van der Waals surface area contributed by atoms with Crippen molar-refractivity contribution in [3.05, 3.63) is 0 Å². The molecule has 0 rings (SSSR count). The average Bonchev–Trinajstić information content (AvgIpc) is 2.01. The summed E-state index contributed by atoms with van der Waals surface area (Å²) in [4.78, 5) is 0. The summed E-state index contributed by atoms with van der Waals surface area (Å²) in [6.45, 7) is 2.88. The van der Waals surface area contributed by atoms with E-state index in [4.69, 9.17) is 5.73 Å². The van der Waals surface area contributed by atoms with Crippen molar-refractivity contribution in [2.45, 2.75) is 38.4 Å². The normalized spacial score (nSPS) is 17.1. The first-order chi connectivity index (χ1) is 5.83. The minimum atomic E-state index is -4.16. The van der Waals surface area contributed by atoms with E-state index in [-0.39, 0.29) is 6.54 Å². The molecule has 0 radical (unpaired) electrons. The summed E-state index contributed by atoms with van der Waals surface area (Å²) in [5.41, 5.74) is 4.80. The molecular formula is C8H17F3N2. The van der Waals surface area contributed by atoms with Gasteiger partial charge in [-0.3, -0.25) is 0 Å². The molecule has 0 spiro atoms. The van der Waals surface area contributed by atoms with Crippen molar-refractivity contribution in [2.75, 3.05) is 13.1 Å². The van der Waals surface area contributed by atoms with Gasteiger partial charge in [0.05, 0.1) is 6.54 Å². The summed E-state index contributed by atoms with van der Waals surface area (Å²) in [6.07, 6.45) is -2.69. The van der Waals surface area contributed by atoms with Gasteiger partial charge >= 0.3 is 6.18 Å². The molecule has 2 nitrogen and oxygen atoms in total.